The molecule has 146 valence electrons. The molecule has 3 rings (SSSR count). The highest BCUT2D eigenvalue weighted by molar-refractivity contribution is 7.15. The van der Waals surface area contributed by atoms with Crippen LogP contribution in [0.4, 0.5) is 5.13 Å². The zero-order chi connectivity index (χ0) is 18.2. The van der Waals surface area contributed by atoms with E-state index < -0.39 is 0 Å². The Morgan fingerprint density at radius 3 is 2.35 bits per heavy atom. The van der Waals surface area contributed by atoms with Gasteiger partial charge < -0.3 is 15.7 Å². The Morgan fingerprint density at radius 2 is 1.62 bits per heavy atom. The summed E-state index contributed by atoms with van der Waals surface area (Å²) < 4.78 is 0. The van der Waals surface area contributed by atoms with E-state index >= 15 is 0 Å². The molecule has 0 aromatic carbocycles. The topological polar surface area (TPSA) is 74.2 Å². The summed E-state index contributed by atoms with van der Waals surface area (Å²) >= 11 is 1.53. The second-order valence-electron chi connectivity index (χ2n) is 7.83. The largest absolute Gasteiger partial charge is 0.492 e. The van der Waals surface area contributed by atoms with Crippen molar-refractivity contribution in [2.45, 2.75) is 89.5 Å². The number of nitrogens with zero attached hydrogens (tertiary/aromatic N) is 1. The number of rotatable bonds is 6. The zero-order valence-electron chi connectivity index (χ0n) is 15.8. The molecule has 2 aliphatic carbocycles. The van der Waals surface area contributed by atoms with Crippen LogP contribution in [0.1, 0.15) is 81.9 Å². The Labute approximate surface area is 161 Å². The number of carbonyl (C=O) groups is 1. The third-order valence-corrected chi connectivity index (χ3v) is 6.77. The Bertz CT molecular complexity index is 561. The quantitative estimate of drug-likeness (QED) is 0.674. The van der Waals surface area contributed by atoms with Gasteiger partial charge in [-0.2, -0.15) is 4.98 Å². The van der Waals surface area contributed by atoms with Crippen LogP contribution in [-0.4, -0.2) is 28.6 Å². The van der Waals surface area contributed by atoms with Gasteiger partial charge in [-0.05, 0) is 25.7 Å². The minimum Gasteiger partial charge on any atom is -0.492 e. The van der Waals surface area contributed by atoms with Gasteiger partial charge in [-0.15, -0.1) is 0 Å². The van der Waals surface area contributed by atoms with Gasteiger partial charge in [0.25, 0.3) is 0 Å². The summed E-state index contributed by atoms with van der Waals surface area (Å²) in [7, 11) is 0. The standard InChI is InChI=1S/C20H33N3O2S/c24-18(15-9-5-4-6-10-15)21-14-13-17-19(25)23-20(26-17)22-16-11-7-2-1-3-8-12-16/h15-16,25H,1-14H2,(H,21,24)(H,22,23). The molecule has 5 nitrogen and oxygen atoms in total. The SMILES string of the molecule is O=C(NCCc1sc(NC2CCCCCCC2)nc1O)C1CCCCC1. The average molecular weight is 380 g/mol. The van der Waals surface area contributed by atoms with Crippen molar-refractivity contribution in [1.29, 1.82) is 0 Å². The number of thiazole rings is 1. The number of nitrogens with one attached hydrogen (secondary N) is 2. The Morgan fingerprint density at radius 1 is 1.00 bits per heavy atom. The maximum absolute atomic E-state index is 12.2. The number of hydrogen-bond donors (Lipinski definition) is 3. The van der Waals surface area contributed by atoms with Gasteiger partial charge in [0.05, 0.1) is 4.88 Å². The van der Waals surface area contributed by atoms with Crippen LogP contribution in [0.25, 0.3) is 0 Å². The van der Waals surface area contributed by atoms with Crippen LogP contribution in [0, 0.1) is 5.92 Å². The highest BCUT2D eigenvalue weighted by Gasteiger charge is 2.21. The monoisotopic (exact) mass is 379 g/mol. The second-order valence-corrected chi connectivity index (χ2v) is 8.91. The lowest BCUT2D eigenvalue weighted by molar-refractivity contribution is -0.125. The predicted molar refractivity (Wildman–Crippen MR) is 107 cm³/mol. The van der Waals surface area contributed by atoms with Crippen LogP contribution in [0.2, 0.25) is 0 Å². The van der Waals surface area contributed by atoms with Crippen molar-refractivity contribution in [2.24, 2.45) is 5.92 Å². The molecule has 0 aliphatic heterocycles. The van der Waals surface area contributed by atoms with Crippen molar-refractivity contribution < 1.29 is 9.90 Å². The molecule has 0 bridgehead atoms. The van der Waals surface area contributed by atoms with Crippen LogP contribution in [0.5, 0.6) is 5.88 Å². The third kappa shape index (κ3) is 5.86. The van der Waals surface area contributed by atoms with E-state index in [9.17, 15) is 9.90 Å². The number of hydrogen-bond acceptors (Lipinski definition) is 5. The molecule has 0 spiro atoms. The highest BCUT2D eigenvalue weighted by Crippen LogP contribution is 2.30. The summed E-state index contributed by atoms with van der Waals surface area (Å²) in [5.41, 5.74) is 0. The first-order valence-electron chi connectivity index (χ1n) is 10.5. The van der Waals surface area contributed by atoms with E-state index in [1.165, 1.54) is 75.5 Å². The zero-order valence-corrected chi connectivity index (χ0v) is 16.6. The van der Waals surface area contributed by atoms with Gasteiger partial charge in [0.1, 0.15) is 0 Å². The molecule has 1 amide bonds. The smallest absolute Gasteiger partial charge is 0.227 e. The Hall–Kier alpha value is -1.30. The minimum atomic E-state index is 0.121. The van der Waals surface area contributed by atoms with Crippen molar-refractivity contribution in [3.8, 4) is 5.88 Å². The molecule has 1 aromatic heterocycles. The fourth-order valence-corrected chi connectivity index (χ4v) is 5.08. The van der Waals surface area contributed by atoms with Crippen LogP contribution in [-0.2, 0) is 11.2 Å². The van der Waals surface area contributed by atoms with E-state index in [-0.39, 0.29) is 17.7 Å². The van der Waals surface area contributed by atoms with Crippen molar-refractivity contribution >= 4 is 22.4 Å². The van der Waals surface area contributed by atoms with Crippen LogP contribution >= 0.6 is 11.3 Å². The number of aromatic hydroxyl groups is 1. The normalized spacial score (nSPS) is 20.3. The average Bonchev–Trinajstić information content (AvgIpc) is 2.97. The molecular formula is C20H33N3O2S. The molecule has 6 heteroatoms. The first kappa shape index (κ1) is 19.5. The number of aromatic nitrogens is 1. The van der Waals surface area contributed by atoms with Crippen molar-refractivity contribution in [1.82, 2.24) is 10.3 Å². The molecule has 0 unspecified atom stereocenters. The molecule has 2 saturated carbocycles. The summed E-state index contributed by atoms with van der Waals surface area (Å²) in [5, 5.41) is 17.5. The molecule has 26 heavy (non-hydrogen) atoms. The Kier molecular flexibility index (Phi) is 7.59. The first-order valence-corrected chi connectivity index (χ1v) is 11.3. The third-order valence-electron chi connectivity index (χ3n) is 5.74. The van der Waals surface area contributed by atoms with Crippen LogP contribution < -0.4 is 10.6 Å². The van der Waals surface area contributed by atoms with E-state index in [4.69, 9.17) is 0 Å². The molecule has 0 atom stereocenters. The summed E-state index contributed by atoms with van der Waals surface area (Å²) in [6.45, 7) is 0.577. The maximum Gasteiger partial charge on any atom is 0.227 e. The molecule has 3 N–H and O–H groups in total. The van der Waals surface area contributed by atoms with E-state index in [1.807, 2.05) is 0 Å². The van der Waals surface area contributed by atoms with Crippen molar-refractivity contribution in [3.63, 3.8) is 0 Å². The molecule has 2 aliphatic rings. The molecule has 0 radical (unpaired) electrons. The van der Waals surface area contributed by atoms with Crippen molar-refractivity contribution in [2.75, 3.05) is 11.9 Å². The van der Waals surface area contributed by atoms with Crippen LogP contribution in [0.15, 0.2) is 0 Å². The lowest BCUT2D eigenvalue weighted by Gasteiger charge is -2.20. The first-order chi connectivity index (χ1) is 12.7. The summed E-state index contributed by atoms with van der Waals surface area (Å²) in [6, 6.07) is 0.472. The minimum absolute atomic E-state index is 0.121. The van der Waals surface area contributed by atoms with E-state index in [0.29, 0.717) is 19.0 Å². The lowest BCUT2D eigenvalue weighted by Crippen LogP contribution is -2.33. The van der Waals surface area contributed by atoms with E-state index in [0.717, 1.165) is 22.9 Å². The van der Waals surface area contributed by atoms with Gasteiger partial charge >= 0.3 is 0 Å². The van der Waals surface area contributed by atoms with E-state index in [2.05, 4.69) is 15.6 Å². The second kappa shape index (κ2) is 10.1. The highest BCUT2D eigenvalue weighted by atomic mass is 32.1. The summed E-state index contributed by atoms with van der Waals surface area (Å²) in [5.74, 6) is 0.493. The fourth-order valence-electron chi connectivity index (χ4n) is 4.15. The van der Waals surface area contributed by atoms with Gasteiger partial charge in [0, 0.05) is 24.9 Å². The van der Waals surface area contributed by atoms with Crippen molar-refractivity contribution in [3.05, 3.63) is 4.88 Å². The van der Waals surface area contributed by atoms with Crippen LogP contribution in [0.3, 0.4) is 0 Å². The molecular weight excluding hydrogens is 346 g/mol. The van der Waals surface area contributed by atoms with Gasteiger partial charge in [-0.1, -0.05) is 62.7 Å². The molecule has 1 heterocycles. The van der Waals surface area contributed by atoms with Gasteiger partial charge in [0.2, 0.25) is 11.8 Å². The van der Waals surface area contributed by atoms with Gasteiger partial charge in [-0.25, -0.2) is 0 Å². The molecule has 0 saturated heterocycles. The molecule has 2 fully saturated rings. The fraction of sp³-hybridized carbons (Fsp3) is 0.800. The number of amides is 1. The van der Waals surface area contributed by atoms with Gasteiger partial charge in [-0.3, -0.25) is 4.79 Å². The predicted octanol–water partition coefficient (Wildman–Crippen LogP) is 4.61. The molecule has 1 aromatic rings. The Balaban J connectivity index is 1.44. The number of carbonyl (C=O) groups excluding carboxylic acids is 1. The summed E-state index contributed by atoms with van der Waals surface area (Å²) in [4.78, 5) is 17.4. The van der Waals surface area contributed by atoms with Gasteiger partial charge in [0.15, 0.2) is 5.13 Å². The van der Waals surface area contributed by atoms with E-state index in [1.54, 1.807) is 0 Å². The maximum atomic E-state index is 12.2. The lowest BCUT2D eigenvalue weighted by atomic mass is 9.89. The number of anilines is 1. The summed E-state index contributed by atoms with van der Waals surface area (Å²) in [6.07, 6.45) is 15.2.